The third-order valence-electron chi connectivity index (χ3n) is 5.84. The van der Waals surface area contributed by atoms with Gasteiger partial charge in [0.1, 0.15) is 5.58 Å². The topological polar surface area (TPSA) is 69.0 Å². The van der Waals surface area contributed by atoms with Gasteiger partial charge >= 0.3 is 0 Å². The number of carbonyl (C=O) groups is 1. The van der Waals surface area contributed by atoms with Crippen LogP contribution in [0.5, 0.6) is 11.5 Å². The van der Waals surface area contributed by atoms with Gasteiger partial charge in [-0.2, -0.15) is 0 Å². The van der Waals surface area contributed by atoms with Crippen LogP contribution in [0.1, 0.15) is 33.3 Å². The molecule has 6 nitrogen and oxygen atoms in total. The molecule has 1 unspecified atom stereocenters. The molecule has 4 aromatic rings. The highest BCUT2D eigenvalue weighted by atomic mass is 35.5. The van der Waals surface area contributed by atoms with Gasteiger partial charge < -0.3 is 13.9 Å². The van der Waals surface area contributed by atoms with Crippen LogP contribution in [0.2, 0.25) is 5.02 Å². The van der Waals surface area contributed by atoms with E-state index < -0.39 is 11.9 Å². The van der Waals surface area contributed by atoms with Crippen LogP contribution in [0.4, 0.5) is 5.69 Å². The minimum absolute atomic E-state index is 0.0242. The van der Waals surface area contributed by atoms with Crippen LogP contribution < -0.4 is 19.8 Å². The van der Waals surface area contributed by atoms with Crippen LogP contribution in [0.3, 0.4) is 0 Å². The second kappa shape index (κ2) is 7.98. The predicted molar refractivity (Wildman–Crippen MR) is 127 cm³/mol. The number of benzene rings is 3. The van der Waals surface area contributed by atoms with E-state index in [1.165, 1.54) is 12.0 Å². The number of aryl methyl sites for hydroxylation is 1. The van der Waals surface area contributed by atoms with Gasteiger partial charge in [0.25, 0.3) is 5.91 Å². The Morgan fingerprint density at radius 1 is 0.939 bits per heavy atom. The van der Waals surface area contributed by atoms with Gasteiger partial charge in [-0.3, -0.25) is 14.5 Å². The molecule has 1 aromatic heterocycles. The van der Waals surface area contributed by atoms with Crippen LogP contribution in [0, 0.1) is 6.92 Å². The van der Waals surface area contributed by atoms with Crippen LogP contribution in [0.15, 0.2) is 69.9 Å². The Bertz CT molecular complexity index is 1480. The lowest BCUT2D eigenvalue weighted by molar-refractivity contribution is 0.0971. The zero-order valence-corrected chi connectivity index (χ0v) is 19.0. The maximum Gasteiger partial charge on any atom is 0.295 e. The zero-order valence-electron chi connectivity index (χ0n) is 18.2. The molecule has 3 aromatic carbocycles. The molecule has 0 N–H and O–H groups in total. The maximum atomic E-state index is 13.7. The normalized spacial score (nSPS) is 15.1. The third kappa shape index (κ3) is 3.34. The number of fused-ring (bicyclic) bond motifs is 2. The molecule has 0 spiro atoms. The van der Waals surface area contributed by atoms with Crippen molar-refractivity contribution in [2.75, 3.05) is 19.1 Å². The molecule has 166 valence electrons. The summed E-state index contributed by atoms with van der Waals surface area (Å²) in [6.07, 6.45) is 0. The van der Waals surface area contributed by atoms with Crippen molar-refractivity contribution in [2.24, 2.45) is 0 Å². The van der Waals surface area contributed by atoms with E-state index in [-0.39, 0.29) is 16.8 Å². The molecule has 1 atom stereocenters. The van der Waals surface area contributed by atoms with Crippen molar-refractivity contribution < 1.29 is 18.7 Å². The maximum absolute atomic E-state index is 13.7. The molecule has 0 fully saturated rings. The first kappa shape index (κ1) is 21.1. The number of rotatable bonds is 4. The first-order chi connectivity index (χ1) is 15.9. The minimum atomic E-state index is -0.730. The molecule has 0 aliphatic carbocycles. The van der Waals surface area contributed by atoms with Crippen molar-refractivity contribution >= 4 is 34.2 Å². The minimum Gasteiger partial charge on any atom is -0.493 e. The first-order valence-corrected chi connectivity index (χ1v) is 10.7. The van der Waals surface area contributed by atoms with Crippen molar-refractivity contribution in [3.8, 4) is 11.5 Å². The second-order valence-corrected chi connectivity index (χ2v) is 8.28. The van der Waals surface area contributed by atoms with E-state index in [0.29, 0.717) is 38.7 Å². The summed E-state index contributed by atoms with van der Waals surface area (Å²) >= 11 is 6.24. The van der Waals surface area contributed by atoms with Gasteiger partial charge in [0.05, 0.1) is 31.2 Å². The SMILES string of the molecule is COc1ccc(C2c3c(oc4ccc(C)cc4c3=O)C(=O)N2c2cccc(Cl)c2)cc1OC. The van der Waals surface area contributed by atoms with Crippen molar-refractivity contribution in [1.82, 2.24) is 0 Å². The summed E-state index contributed by atoms with van der Waals surface area (Å²) < 4.78 is 16.8. The molecular formula is C26H20ClNO5. The number of hydrogen-bond donors (Lipinski definition) is 0. The molecule has 5 rings (SSSR count). The van der Waals surface area contributed by atoms with Gasteiger partial charge in [0.2, 0.25) is 5.76 Å². The van der Waals surface area contributed by atoms with Crippen molar-refractivity contribution in [2.45, 2.75) is 13.0 Å². The second-order valence-electron chi connectivity index (χ2n) is 7.85. The zero-order chi connectivity index (χ0) is 23.3. The molecule has 0 saturated heterocycles. The van der Waals surface area contributed by atoms with E-state index in [0.717, 1.165) is 5.56 Å². The van der Waals surface area contributed by atoms with Gasteiger partial charge in [-0.25, -0.2) is 0 Å². The fourth-order valence-corrected chi connectivity index (χ4v) is 4.50. The van der Waals surface area contributed by atoms with Gasteiger partial charge in [-0.1, -0.05) is 35.4 Å². The molecule has 7 heteroatoms. The van der Waals surface area contributed by atoms with Crippen LogP contribution in [0.25, 0.3) is 11.0 Å². The van der Waals surface area contributed by atoms with Gasteiger partial charge in [0.15, 0.2) is 16.9 Å². The van der Waals surface area contributed by atoms with Crippen LogP contribution in [-0.4, -0.2) is 20.1 Å². The van der Waals surface area contributed by atoms with Gasteiger partial charge in [-0.05, 0) is 55.0 Å². The average molecular weight is 462 g/mol. The lowest BCUT2D eigenvalue weighted by atomic mass is 9.97. The number of amides is 1. The Morgan fingerprint density at radius 3 is 2.45 bits per heavy atom. The number of carbonyl (C=O) groups excluding carboxylic acids is 1. The molecule has 33 heavy (non-hydrogen) atoms. The summed E-state index contributed by atoms with van der Waals surface area (Å²) in [5, 5.41) is 0.905. The summed E-state index contributed by atoms with van der Waals surface area (Å²) in [6.45, 7) is 1.90. The number of ether oxygens (including phenoxy) is 2. The number of halogens is 1. The molecule has 1 amide bonds. The summed E-state index contributed by atoms with van der Waals surface area (Å²) in [5.74, 6) is 0.645. The van der Waals surface area contributed by atoms with Crippen molar-refractivity contribution in [1.29, 1.82) is 0 Å². The Morgan fingerprint density at radius 2 is 1.73 bits per heavy atom. The highest BCUT2D eigenvalue weighted by Crippen LogP contribution is 2.43. The van der Waals surface area contributed by atoms with E-state index in [4.69, 9.17) is 25.5 Å². The lowest BCUT2D eigenvalue weighted by Crippen LogP contribution is -2.29. The molecule has 0 radical (unpaired) electrons. The van der Waals surface area contributed by atoms with Crippen molar-refractivity contribution in [3.05, 3.63) is 98.4 Å². The van der Waals surface area contributed by atoms with Crippen LogP contribution >= 0.6 is 11.6 Å². The summed E-state index contributed by atoms with van der Waals surface area (Å²) in [6, 6.07) is 16.9. The number of methoxy groups -OCH3 is 2. The summed E-state index contributed by atoms with van der Waals surface area (Å²) in [7, 11) is 3.09. The molecule has 1 aliphatic heterocycles. The number of hydrogen-bond acceptors (Lipinski definition) is 5. The Balaban J connectivity index is 1.82. The fraction of sp³-hybridized carbons (Fsp3) is 0.154. The Labute approximate surface area is 194 Å². The molecule has 1 aliphatic rings. The molecule has 0 bridgehead atoms. The predicted octanol–water partition coefficient (Wildman–Crippen LogP) is 5.52. The molecule has 2 heterocycles. The van der Waals surface area contributed by atoms with Crippen LogP contribution in [-0.2, 0) is 0 Å². The fourth-order valence-electron chi connectivity index (χ4n) is 4.32. The number of anilines is 1. The highest BCUT2D eigenvalue weighted by Gasteiger charge is 2.44. The number of nitrogens with zero attached hydrogens (tertiary/aromatic N) is 1. The van der Waals surface area contributed by atoms with E-state index in [1.807, 2.05) is 19.1 Å². The average Bonchev–Trinajstić information content (AvgIpc) is 3.11. The molecular weight excluding hydrogens is 442 g/mol. The van der Waals surface area contributed by atoms with Gasteiger partial charge in [-0.15, -0.1) is 0 Å². The lowest BCUT2D eigenvalue weighted by Gasteiger charge is -2.26. The first-order valence-electron chi connectivity index (χ1n) is 10.3. The quantitative estimate of drug-likeness (QED) is 0.400. The van der Waals surface area contributed by atoms with E-state index in [9.17, 15) is 9.59 Å². The summed E-state index contributed by atoms with van der Waals surface area (Å²) in [5.41, 5.74) is 2.57. The largest absolute Gasteiger partial charge is 0.493 e. The third-order valence-corrected chi connectivity index (χ3v) is 6.07. The standard InChI is InChI=1S/C26H20ClNO5/c1-14-7-9-19-18(11-14)24(29)22-23(15-8-10-20(31-2)21(12-15)32-3)28(26(30)25(22)33-19)17-6-4-5-16(27)13-17/h4-13,23H,1-3H3. The smallest absolute Gasteiger partial charge is 0.295 e. The summed E-state index contributed by atoms with van der Waals surface area (Å²) in [4.78, 5) is 28.9. The monoisotopic (exact) mass is 461 g/mol. The Kier molecular flexibility index (Phi) is 5.10. The van der Waals surface area contributed by atoms with E-state index in [2.05, 4.69) is 0 Å². The van der Waals surface area contributed by atoms with E-state index >= 15 is 0 Å². The Hall–Kier alpha value is -3.77. The van der Waals surface area contributed by atoms with Gasteiger partial charge in [0, 0.05) is 10.7 Å². The van der Waals surface area contributed by atoms with E-state index in [1.54, 1.807) is 55.6 Å². The molecule has 0 saturated carbocycles. The van der Waals surface area contributed by atoms with Crippen molar-refractivity contribution in [3.63, 3.8) is 0 Å². The highest BCUT2D eigenvalue weighted by molar-refractivity contribution is 6.31.